The molecule has 2 aliphatic rings. The molecule has 138 valence electrons. The van der Waals surface area contributed by atoms with Gasteiger partial charge in [-0.25, -0.2) is 0 Å². The van der Waals surface area contributed by atoms with Crippen LogP contribution in [-0.4, -0.2) is 16.9 Å². The average Bonchev–Trinajstić information content (AvgIpc) is 3.13. The molecule has 0 bridgehead atoms. The number of aliphatic hydroxyl groups is 1. The first-order valence-corrected chi connectivity index (χ1v) is 11.8. The molecule has 2 aromatic carbocycles. The van der Waals surface area contributed by atoms with Gasteiger partial charge in [0.25, 0.3) is 0 Å². The van der Waals surface area contributed by atoms with Crippen LogP contribution in [0, 0.1) is 11.8 Å². The predicted octanol–water partition coefficient (Wildman–Crippen LogP) is 5.23. The van der Waals surface area contributed by atoms with E-state index in [0.717, 1.165) is 12.3 Å². The molecule has 0 aromatic heterocycles. The second kappa shape index (κ2) is 8.68. The van der Waals surface area contributed by atoms with Gasteiger partial charge in [-0.1, -0.05) is 86.3 Å². The van der Waals surface area contributed by atoms with Crippen molar-refractivity contribution in [2.45, 2.75) is 63.1 Å². The highest BCUT2D eigenvalue weighted by molar-refractivity contribution is 7.73. The van der Waals surface area contributed by atoms with Crippen molar-refractivity contribution in [2.75, 3.05) is 0 Å². The summed E-state index contributed by atoms with van der Waals surface area (Å²) in [6.45, 7) is 0. The Morgan fingerprint density at radius 3 is 1.77 bits per heavy atom. The minimum Gasteiger partial charge on any atom is -0.393 e. The maximum Gasteiger partial charge on any atom is 0.0574 e. The molecule has 2 fully saturated rings. The fourth-order valence-corrected chi connectivity index (χ4v) is 8.69. The summed E-state index contributed by atoms with van der Waals surface area (Å²) in [7, 11) is -0.435. The number of benzene rings is 2. The molecule has 0 radical (unpaired) electrons. The van der Waals surface area contributed by atoms with E-state index >= 15 is 0 Å². The molecule has 0 amide bonds. The summed E-state index contributed by atoms with van der Waals surface area (Å²) < 4.78 is 0. The van der Waals surface area contributed by atoms with Gasteiger partial charge in [-0.15, -0.1) is 0 Å². The molecule has 1 N–H and O–H groups in total. The van der Waals surface area contributed by atoms with E-state index < -0.39 is 7.92 Å². The molecule has 2 aromatic rings. The van der Waals surface area contributed by atoms with Crippen LogP contribution in [0.5, 0.6) is 0 Å². The lowest BCUT2D eigenvalue weighted by Gasteiger charge is -2.41. The molecule has 0 spiro atoms. The Bertz CT molecular complexity index is 626. The highest BCUT2D eigenvalue weighted by Crippen LogP contribution is 2.53. The number of hydrogen-bond donors (Lipinski definition) is 1. The molecule has 2 aliphatic carbocycles. The van der Waals surface area contributed by atoms with E-state index in [1.807, 2.05) is 0 Å². The normalized spacial score (nSPS) is 25.5. The zero-order chi connectivity index (χ0) is 17.8. The lowest BCUT2D eigenvalue weighted by atomic mass is 9.81. The maximum absolute atomic E-state index is 10.8. The van der Waals surface area contributed by atoms with Gasteiger partial charge in [0.05, 0.1) is 6.10 Å². The van der Waals surface area contributed by atoms with Crippen molar-refractivity contribution in [2.24, 2.45) is 11.8 Å². The van der Waals surface area contributed by atoms with Gasteiger partial charge in [-0.2, -0.15) is 0 Å². The SMILES string of the molecule is O[C@H]1CCC[C@H]1[C@@H](C1CCCCC1)P(c1ccccc1)c1ccccc1. The molecule has 0 heterocycles. The summed E-state index contributed by atoms with van der Waals surface area (Å²) in [6.07, 6.45) is 10.2. The van der Waals surface area contributed by atoms with Gasteiger partial charge in [0.15, 0.2) is 0 Å². The Kier molecular flexibility index (Phi) is 6.08. The van der Waals surface area contributed by atoms with Crippen LogP contribution in [0.15, 0.2) is 60.7 Å². The van der Waals surface area contributed by atoms with Gasteiger partial charge in [-0.05, 0) is 61.7 Å². The summed E-state index contributed by atoms with van der Waals surface area (Å²) in [5.41, 5.74) is 0.618. The Morgan fingerprint density at radius 1 is 0.692 bits per heavy atom. The van der Waals surface area contributed by atoms with E-state index in [-0.39, 0.29) is 6.10 Å². The Morgan fingerprint density at radius 2 is 1.27 bits per heavy atom. The van der Waals surface area contributed by atoms with Crippen LogP contribution >= 0.6 is 7.92 Å². The second-order valence-corrected chi connectivity index (χ2v) is 10.5. The van der Waals surface area contributed by atoms with E-state index in [0.29, 0.717) is 11.6 Å². The van der Waals surface area contributed by atoms with Gasteiger partial charge >= 0.3 is 0 Å². The van der Waals surface area contributed by atoms with Gasteiger partial charge in [0.2, 0.25) is 0 Å². The summed E-state index contributed by atoms with van der Waals surface area (Å²) in [6, 6.07) is 22.3. The van der Waals surface area contributed by atoms with E-state index in [1.165, 1.54) is 55.6 Å². The molecule has 0 saturated heterocycles. The lowest BCUT2D eigenvalue weighted by molar-refractivity contribution is 0.115. The standard InChI is InChI=1S/C24H31OP/c25-23-18-10-17-22(23)24(19-11-4-1-5-12-19)26(20-13-6-2-7-14-20)21-15-8-3-9-16-21/h2-3,6-9,13-16,19,22-25H,1,4-5,10-12,17-18H2/t22-,23+,24-/m1/s1. The van der Waals surface area contributed by atoms with Crippen LogP contribution in [0.25, 0.3) is 0 Å². The number of hydrogen-bond acceptors (Lipinski definition) is 1. The van der Waals surface area contributed by atoms with Gasteiger partial charge in [0, 0.05) is 0 Å². The van der Waals surface area contributed by atoms with E-state index in [9.17, 15) is 5.11 Å². The molecule has 3 atom stereocenters. The highest BCUT2D eigenvalue weighted by atomic mass is 31.1. The molecule has 2 saturated carbocycles. The molecule has 4 rings (SSSR count). The van der Waals surface area contributed by atoms with Crippen molar-refractivity contribution in [1.29, 1.82) is 0 Å². The van der Waals surface area contributed by atoms with Gasteiger partial charge in [-0.3, -0.25) is 0 Å². The molecule has 2 heteroatoms. The summed E-state index contributed by atoms with van der Waals surface area (Å²) >= 11 is 0. The first-order valence-electron chi connectivity index (χ1n) is 10.4. The summed E-state index contributed by atoms with van der Waals surface area (Å²) in [5.74, 6) is 1.25. The van der Waals surface area contributed by atoms with Gasteiger partial charge in [0.1, 0.15) is 0 Å². The highest BCUT2D eigenvalue weighted by Gasteiger charge is 2.42. The summed E-state index contributed by atoms with van der Waals surface area (Å²) in [4.78, 5) is 0. The maximum atomic E-state index is 10.8. The third-order valence-electron chi connectivity index (χ3n) is 6.47. The van der Waals surface area contributed by atoms with Gasteiger partial charge < -0.3 is 5.11 Å². The third kappa shape index (κ3) is 3.90. The lowest BCUT2D eigenvalue weighted by Crippen LogP contribution is -2.38. The van der Waals surface area contributed by atoms with Crippen molar-refractivity contribution in [3.8, 4) is 0 Å². The largest absolute Gasteiger partial charge is 0.393 e. The number of aliphatic hydroxyl groups excluding tert-OH is 1. The van der Waals surface area contributed by atoms with Crippen LogP contribution < -0.4 is 10.6 Å². The molecule has 0 unspecified atom stereocenters. The minimum atomic E-state index is -0.435. The zero-order valence-electron chi connectivity index (χ0n) is 15.6. The van der Waals surface area contributed by atoms with E-state index in [2.05, 4.69) is 60.7 Å². The van der Waals surface area contributed by atoms with Crippen LogP contribution in [0.3, 0.4) is 0 Å². The molecular weight excluding hydrogens is 335 g/mol. The predicted molar refractivity (Wildman–Crippen MR) is 113 cm³/mol. The van der Waals surface area contributed by atoms with Crippen LogP contribution in [-0.2, 0) is 0 Å². The zero-order valence-corrected chi connectivity index (χ0v) is 16.5. The van der Waals surface area contributed by atoms with Crippen molar-refractivity contribution in [3.63, 3.8) is 0 Å². The smallest absolute Gasteiger partial charge is 0.0574 e. The van der Waals surface area contributed by atoms with E-state index in [4.69, 9.17) is 0 Å². The fourth-order valence-electron chi connectivity index (χ4n) is 5.27. The topological polar surface area (TPSA) is 20.2 Å². The fraction of sp³-hybridized carbons (Fsp3) is 0.500. The Balaban J connectivity index is 1.77. The van der Waals surface area contributed by atoms with Crippen molar-refractivity contribution < 1.29 is 5.11 Å². The van der Waals surface area contributed by atoms with Crippen molar-refractivity contribution >= 4 is 18.5 Å². The first-order chi connectivity index (χ1) is 12.8. The quantitative estimate of drug-likeness (QED) is 0.719. The number of rotatable bonds is 5. The average molecular weight is 366 g/mol. The molecule has 0 aliphatic heterocycles. The van der Waals surface area contributed by atoms with Crippen LogP contribution in [0.2, 0.25) is 0 Å². The summed E-state index contributed by atoms with van der Waals surface area (Å²) in [5, 5.41) is 13.8. The molecular formula is C24H31OP. The first kappa shape index (κ1) is 18.2. The monoisotopic (exact) mass is 366 g/mol. The molecule has 1 nitrogen and oxygen atoms in total. The molecule has 26 heavy (non-hydrogen) atoms. The minimum absolute atomic E-state index is 0.0978. The van der Waals surface area contributed by atoms with Crippen LogP contribution in [0.1, 0.15) is 51.4 Å². The third-order valence-corrected chi connectivity index (χ3v) is 9.58. The van der Waals surface area contributed by atoms with Crippen molar-refractivity contribution in [3.05, 3.63) is 60.7 Å². The van der Waals surface area contributed by atoms with Crippen molar-refractivity contribution in [1.82, 2.24) is 0 Å². The Labute approximate surface area is 159 Å². The van der Waals surface area contributed by atoms with E-state index in [1.54, 1.807) is 0 Å². The second-order valence-electron chi connectivity index (χ2n) is 8.09. The van der Waals surface area contributed by atoms with Crippen LogP contribution in [0.4, 0.5) is 0 Å². The Hall–Kier alpha value is -1.17.